The Hall–Kier alpha value is -2.89. The first-order valence-electron chi connectivity index (χ1n) is 7.81. The molecule has 6 nitrogen and oxygen atoms in total. The highest BCUT2D eigenvalue weighted by Crippen LogP contribution is 2.27. The van der Waals surface area contributed by atoms with E-state index in [1.807, 2.05) is 0 Å². The molecule has 126 valence electrons. The Bertz CT molecular complexity index is 740. The first-order chi connectivity index (χ1) is 11.4. The molecule has 2 aromatic carbocycles. The smallest absolute Gasteiger partial charge is 0.282 e. The summed E-state index contributed by atoms with van der Waals surface area (Å²) in [6, 6.07) is 11.7. The third-order valence-electron chi connectivity index (χ3n) is 3.69. The van der Waals surface area contributed by atoms with Crippen molar-refractivity contribution >= 4 is 17.3 Å². The summed E-state index contributed by atoms with van der Waals surface area (Å²) >= 11 is 0. The van der Waals surface area contributed by atoms with E-state index in [0.29, 0.717) is 23.7 Å². The van der Waals surface area contributed by atoms with Crippen LogP contribution in [0.25, 0.3) is 11.1 Å². The predicted octanol–water partition coefficient (Wildman–Crippen LogP) is 3.62. The number of nitro benzene ring substituents is 1. The zero-order valence-electron chi connectivity index (χ0n) is 13.8. The van der Waals surface area contributed by atoms with E-state index in [4.69, 9.17) is 5.73 Å². The van der Waals surface area contributed by atoms with Crippen LogP contribution < -0.4 is 11.1 Å². The molecule has 1 amide bonds. The summed E-state index contributed by atoms with van der Waals surface area (Å²) < 4.78 is 0. The van der Waals surface area contributed by atoms with Crippen molar-refractivity contribution in [3.8, 4) is 11.1 Å². The number of anilines is 1. The molecule has 3 N–H and O–H groups in total. The predicted molar refractivity (Wildman–Crippen MR) is 94.7 cm³/mol. The van der Waals surface area contributed by atoms with Gasteiger partial charge in [-0.05, 0) is 41.7 Å². The number of carbonyl (C=O) groups excluding carboxylic acids is 1. The maximum atomic E-state index is 12.2. The molecule has 0 aliphatic rings. The minimum Gasteiger partial charge on any atom is -0.399 e. The summed E-state index contributed by atoms with van der Waals surface area (Å²) in [7, 11) is 0. The normalized spacial score (nSPS) is 10.6. The van der Waals surface area contributed by atoms with E-state index >= 15 is 0 Å². The number of hydrogen-bond acceptors (Lipinski definition) is 4. The van der Waals surface area contributed by atoms with E-state index < -0.39 is 10.8 Å². The average Bonchev–Trinajstić information content (AvgIpc) is 2.54. The molecule has 0 heterocycles. The molecule has 2 rings (SSSR count). The number of nitrogen functional groups attached to an aromatic ring is 1. The average molecular weight is 327 g/mol. The summed E-state index contributed by atoms with van der Waals surface area (Å²) in [5.74, 6) is 0.0272. The third-order valence-corrected chi connectivity index (χ3v) is 3.69. The number of nitrogens with two attached hydrogens (primary N) is 1. The standard InChI is InChI=1S/C18H21N3O3/c1-12(2)9-10-20-18(22)16-8-5-14(11-17(16)21(23)24)13-3-6-15(19)7-4-13/h3-8,11-12H,9-10,19H2,1-2H3,(H,20,22). The Morgan fingerprint density at radius 3 is 2.38 bits per heavy atom. The molecule has 2 aromatic rings. The van der Waals surface area contributed by atoms with Crippen LogP contribution in [-0.4, -0.2) is 17.4 Å². The number of nitrogens with one attached hydrogen (secondary N) is 1. The molecule has 0 spiro atoms. The number of nitro groups is 1. The van der Waals surface area contributed by atoms with Gasteiger partial charge in [0.25, 0.3) is 11.6 Å². The molecule has 0 radical (unpaired) electrons. The Balaban J connectivity index is 2.28. The summed E-state index contributed by atoms with van der Waals surface area (Å²) in [5, 5.41) is 14.1. The monoisotopic (exact) mass is 327 g/mol. The molecule has 0 aliphatic carbocycles. The molecular weight excluding hydrogens is 306 g/mol. The quantitative estimate of drug-likeness (QED) is 0.481. The zero-order valence-corrected chi connectivity index (χ0v) is 13.8. The van der Waals surface area contributed by atoms with E-state index in [9.17, 15) is 14.9 Å². The Morgan fingerprint density at radius 2 is 1.79 bits per heavy atom. The van der Waals surface area contributed by atoms with Crippen molar-refractivity contribution in [2.45, 2.75) is 20.3 Å². The lowest BCUT2D eigenvalue weighted by molar-refractivity contribution is -0.385. The van der Waals surface area contributed by atoms with Gasteiger partial charge in [0.05, 0.1) is 4.92 Å². The van der Waals surface area contributed by atoms with Crippen LogP contribution in [0.15, 0.2) is 42.5 Å². The summed E-state index contributed by atoms with van der Waals surface area (Å²) in [6.45, 7) is 4.60. The molecular formula is C18H21N3O3. The molecule has 0 bridgehead atoms. The van der Waals surface area contributed by atoms with Crippen molar-refractivity contribution in [3.63, 3.8) is 0 Å². The van der Waals surface area contributed by atoms with Crippen LogP contribution in [0.5, 0.6) is 0 Å². The lowest BCUT2D eigenvalue weighted by Gasteiger charge is -2.09. The number of carbonyl (C=O) groups is 1. The van der Waals surface area contributed by atoms with Crippen LogP contribution in [0, 0.1) is 16.0 Å². The van der Waals surface area contributed by atoms with Gasteiger partial charge >= 0.3 is 0 Å². The summed E-state index contributed by atoms with van der Waals surface area (Å²) in [4.78, 5) is 23.0. The largest absolute Gasteiger partial charge is 0.399 e. The van der Waals surface area contributed by atoms with Crippen LogP contribution in [0.3, 0.4) is 0 Å². The van der Waals surface area contributed by atoms with Crippen molar-refractivity contribution in [2.75, 3.05) is 12.3 Å². The van der Waals surface area contributed by atoms with Gasteiger partial charge in [0.1, 0.15) is 5.56 Å². The molecule has 0 saturated heterocycles. The topological polar surface area (TPSA) is 98.3 Å². The zero-order chi connectivity index (χ0) is 17.7. The van der Waals surface area contributed by atoms with E-state index in [2.05, 4.69) is 19.2 Å². The second-order valence-electron chi connectivity index (χ2n) is 6.05. The van der Waals surface area contributed by atoms with Crippen LogP contribution >= 0.6 is 0 Å². The van der Waals surface area contributed by atoms with Crippen molar-refractivity contribution in [1.82, 2.24) is 5.32 Å². The molecule has 0 fully saturated rings. The third kappa shape index (κ3) is 4.32. The van der Waals surface area contributed by atoms with Gasteiger partial charge in [-0.3, -0.25) is 14.9 Å². The second-order valence-corrected chi connectivity index (χ2v) is 6.05. The highest BCUT2D eigenvalue weighted by Gasteiger charge is 2.21. The lowest BCUT2D eigenvalue weighted by atomic mass is 10.0. The summed E-state index contributed by atoms with van der Waals surface area (Å²) in [6.07, 6.45) is 0.822. The Morgan fingerprint density at radius 1 is 1.17 bits per heavy atom. The van der Waals surface area contributed by atoms with Crippen LogP contribution in [0.1, 0.15) is 30.6 Å². The molecule has 0 saturated carbocycles. The molecule has 0 atom stereocenters. The van der Waals surface area contributed by atoms with E-state index in [-0.39, 0.29) is 11.3 Å². The number of benzene rings is 2. The molecule has 24 heavy (non-hydrogen) atoms. The molecule has 0 aromatic heterocycles. The van der Waals surface area contributed by atoms with Gasteiger partial charge in [0, 0.05) is 18.3 Å². The minimum absolute atomic E-state index is 0.0722. The van der Waals surface area contributed by atoms with Gasteiger partial charge in [-0.15, -0.1) is 0 Å². The van der Waals surface area contributed by atoms with Gasteiger partial charge in [-0.25, -0.2) is 0 Å². The minimum atomic E-state index is -0.530. The maximum absolute atomic E-state index is 12.2. The second kappa shape index (κ2) is 7.59. The first kappa shape index (κ1) is 17.5. The van der Waals surface area contributed by atoms with Crippen molar-refractivity contribution in [1.29, 1.82) is 0 Å². The van der Waals surface area contributed by atoms with Gasteiger partial charge < -0.3 is 11.1 Å². The van der Waals surface area contributed by atoms with E-state index in [1.165, 1.54) is 12.1 Å². The summed E-state index contributed by atoms with van der Waals surface area (Å²) in [5.41, 5.74) is 7.61. The van der Waals surface area contributed by atoms with Crippen molar-refractivity contribution in [2.24, 2.45) is 5.92 Å². The first-order valence-corrected chi connectivity index (χ1v) is 7.81. The van der Waals surface area contributed by atoms with Gasteiger partial charge in [0.15, 0.2) is 0 Å². The van der Waals surface area contributed by atoms with Crippen LogP contribution in [0.2, 0.25) is 0 Å². The SMILES string of the molecule is CC(C)CCNC(=O)c1ccc(-c2ccc(N)cc2)cc1[N+](=O)[O-]. The van der Waals surface area contributed by atoms with Crippen molar-refractivity contribution < 1.29 is 9.72 Å². The van der Waals surface area contributed by atoms with Gasteiger partial charge in [0.2, 0.25) is 0 Å². The van der Waals surface area contributed by atoms with Gasteiger partial charge in [-0.2, -0.15) is 0 Å². The van der Waals surface area contributed by atoms with E-state index in [0.717, 1.165) is 12.0 Å². The number of hydrogen-bond donors (Lipinski definition) is 2. The number of nitrogens with zero attached hydrogens (tertiary/aromatic N) is 1. The van der Waals surface area contributed by atoms with Crippen LogP contribution in [-0.2, 0) is 0 Å². The Kier molecular flexibility index (Phi) is 5.52. The van der Waals surface area contributed by atoms with Crippen molar-refractivity contribution in [3.05, 3.63) is 58.1 Å². The number of amides is 1. The molecule has 6 heteroatoms. The fourth-order valence-electron chi connectivity index (χ4n) is 2.30. The van der Waals surface area contributed by atoms with Gasteiger partial charge in [-0.1, -0.05) is 32.0 Å². The fourth-order valence-corrected chi connectivity index (χ4v) is 2.30. The number of rotatable bonds is 6. The molecule has 0 unspecified atom stereocenters. The van der Waals surface area contributed by atoms with E-state index in [1.54, 1.807) is 30.3 Å². The fraction of sp³-hybridized carbons (Fsp3) is 0.278. The molecule has 0 aliphatic heterocycles. The van der Waals surface area contributed by atoms with Crippen LogP contribution in [0.4, 0.5) is 11.4 Å². The highest BCUT2D eigenvalue weighted by atomic mass is 16.6. The highest BCUT2D eigenvalue weighted by molar-refractivity contribution is 5.98. The Labute approximate surface area is 140 Å². The lowest BCUT2D eigenvalue weighted by Crippen LogP contribution is -2.26. The maximum Gasteiger partial charge on any atom is 0.282 e.